The molecule has 0 N–H and O–H groups in total. The van der Waals surface area contributed by atoms with Crippen molar-refractivity contribution in [2.45, 2.75) is 20.8 Å². The Labute approximate surface area is 160 Å². The molecule has 0 saturated carbocycles. The Bertz CT molecular complexity index is 913. The van der Waals surface area contributed by atoms with E-state index in [4.69, 9.17) is 11.6 Å². The van der Waals surface area contributed by atoms with Gasteiger partial charge in [0.1, 0.15) is 6.54 Å². The third kappa shape index (κ3) is 4.77. The highest BCUT2D eigenvalue weighted by Crippen LogP contribution is 2.27. The summed E-state index contributed by atoms with van der Waals surface area (Å²) in [5, 5.41) is 0.415. The summed E-state index contributed by atoms with van der Waals surface area (Å²) < 4.78 is 25.8. The summed E-state index contributed by atoms with van der Waals surface area (Å²) in [6.07, 6.45) is 1.09. The minimum absolute atomic E-state index is 0.290. The average Bonchev–Trinajstić information content (AvgIpc) is 2.55. The number of likely N-dealkylation sites (N-methyl/N-ethyl adjacent to an activating group) is 1. The molecular formula is C19H23ClN2O3S. The second kappa shape index (κ2) is 8.10. The van der Waals surface area contributed by atoms with Crippen molar-refractivity contribution in [2.24, 2.45) is 0 Å². The zero-order chi connectivity index (χ0) is 19.5. The molecule has 2 aromatic rings. The number of rotatable bonds is 6. The minimum Gasteiger partial charge on any atom is -0.311 e. The topological polar surface area (TPSA) is 57.7 Å². The van der Waals surface area contributed by atoms with Crippen molar-refractivity contribution in [2.75, 3.05) is 28.6 Å². The zero-order valence-electron chi connectivity index (χ0n) is 15.4. The highest BCUT2D eigenvalue weighted by atomic mass is 35.5. The van der Waals surface area contributed by atoms with Gasteiger partial charge < -0.3 is 4.90 Å². The Kier molecular flexibility index (Phi) is 6.31. The van der Waals surface area contributed by atoms with E-state index in [0.29, 0.717) is 17.3 Å². The maximum absolute atomic E-state index is 12.9. The van der Waals surface area contributed by atoms with E-state index in [1.165, 1.54) is 0 Å². The van der Waals surface area contributed by atoms with E-state index in [2.05, 4.69) is 0 Å². The lowest BCUT2D eigenvalue weighted by atomic mass is 10.2. The van der Waals surface area contributed by atoms with Gasteiger partial charge in [-0.1, -0.05) is 29.8 Å². The third-order valence-corrected chi connectivity index (χ3v) is 5.41. The molecular weight excluding hydrogens is 372 g/mol. The van der Waals surface area contributed by atoms with E-state index in [1.54, 1.807) is 30.0 Å². The number of carbonyl (C=O) groups excluding carboxylic acids is 1. The van der Waals surface area contributed by atoms with Gasteiger partial charge >= 0.3 is 0 Å². The third-order valence-electron chi connectivity index (χ3n) is 4.05. The molecule has 0 unspecified atom stereocenters. The van der Waals surface area contributed by atoms with Crippen molar-refractivity contribution in [3.8, 4) is 0 Å². The van der Waals surface area contributed by atoms with E-state index in [-0.39, 0.29) is 12.5 Å². The molecule has 2 aromatic carbocycles. The first-order valence-corrected chi connectivity index (χ1v) is 10.5. The molecule has 0 heterocycles. The number of hydrogen-bond acceptors (Lipinski definition) is 3. The standard InChI is InChI=1S/C19H23ClN2O3S/c1-5-21(17-8-6-7-14(2)11-17)19(23)13-22(26(4,24)25)18-12-16(20)10-9-15(18)3/h6-12H,5,13H2,1-4H3. The monoisotopic (exact) mass is 394 g/mol. The maximum atomic E-state index is 12.9. The molecule has 0 saturated heterocycles. The normalized spacial score (nSPS) is 11.3. The van der Waals surface area contributed by atoms with Crippen LogP contribution in [0.3, 0.4) is 0 Å². The Balaban J connectivity index is 2.39. The predicted octanol–water partition coefficient (Wildman–Crippen LogP) is 3.78. The fourth-order valence-corrected chi connectivity index (χ4v) is 3.80. The van der Waals surface area contributed by atoms with Gasteiger partial charge in [-0.2, -0.15) is 0 Å². The minimum atomic E-state index is -3.66. The van der Waals surface area contributed by atoms with Crippen LogP contribution in [0.5, 0.6) is 0 Å². The summed E-state index contributed by atoms with van der Waals surface area (Å²) in [7, 11) is -3.66. The Hall–Kier alpha value is -2.05. The van der Waals surface area contributed by atoms with E-state index in [1.807, 2.05) is 38.1 Å². The van der Waals surface area contributed by atoms with Crippen molar-refractivity contribution in [1.82, 2.24) is 0 Å². The summed E-state index contributed by atoms with van der Waals surface area (Å²) in [5.74, 6) is -0.303. The van der Waals surface area contributed by atoms with E-state index >= 15 is 0 Å². The molecule has 26 heavy (non-hydrogen) atoms. The van der Waals surface area contributed by atoms with Gasteiger partial charge in [0.15, 0.2) is 0 Å². The lowest BCUT2D eigenvalue weighted by molar-refractivity contribution is -0.117. The molecule has 0 aliphatic heterocycles. The second-order valence-corrected chi connectivity index (χ2v) is 8.52. The lowest BCUT2D eigenvalue weighted by Crippen LogP contribution is -2.43. The number of anilines is 2. The first-order chi connectivity index (χ1) is 12.1. The number of nitrogens with zero attached hydrogens (tertiary/aromatic N) is 2. The molecule has 1 amide bonds. The van der Waals surface area contributed by atoms with Crippen molar-refractivity contribution < 1.29 is 13.2 Å². The van der Waals surface area contributed by atoms with Crippen molar-refractivity contribution in [3.05, 3.63) is 58.6 Å². The quantitative estimate of drug-likeness (QED) is 0.749. The van der Waals surface area contributed by atoms with Crippen LogP contribution in [0.15, 0.2) is 42.5 Å². The fraction of sp³-hybridized carbons (Fsp3) is 0.316. The van der Waals surface area contributed by atoms with E-state index < -0.39 is 10.0 Å². The molecule has 7 heteroatoms. The van der Waals surface area contributed by atoms with Crippen LogP contribution in [0.4, 0.5) is 11.4 Å². The second-order valence-electron chi connectivity index (χ2n) is 6.18. The van der Waals surface area contributed by atoms with Crippen LogP contribution < -0.4 is 9.21 Å². The van der Waals surface area contributed by atoms with Gasteiger partial charge in [-0.05, 0) is 56.2 Å². The molecule has 0 atom stereocenters. The Morgan fingerprint density at radius 2 is 1.81 bits per heavy atom. The summed E-state index contributed by atoms with van der Waals surface area (Å²) in [5.41, 5.74) is 2.91. The molecule has 2 rings (SSSR count). The molecule has 0 radical (unpaired) electrons. The molecule has 140 valence electrons. The summed E-state index contributed by atoms with van der Waals surface area (Å²) in [6, 6.07) is 12.5. The largest absolute Gasteiger partial charge is 0.311 e. The molecule has 0 aromatic heterocycles. The van der Waals surface area contributed by atoms with Crippen LogP contribution in [0, 0.1) is 13.8 Å². The number of sulfonamides is 1. The number of halogens is 1. The summed E-state index contributed by atoms with van der Waals surface area (Å²) >= 11 is 6.03. The molecule has 0 bridgehead atoms. The van der Waals surface area contributed by atoms with Gasteiger partial charge in [0, 0.05) is 17.3 Å². The highest BCUT2D eigenvalue weighted by molar-refractivity contribution is 7.92. The predicted molar refractivity (Wildman–Crippen MR) is 108 cm³/mol. The molecule has 0 aliphatic rings. The fourth-order valence-electron chi connectivity index (χ4n) is 2.74. The van der Waals surface area contributed by atoms with Gasteiger partial charge in [-0.15, -0.1) is 0 Å². The Morgan fingerprint density at radius 1 is 1.12 bits per heavy atom. The van der Waals surface area contributed by atoms with Crippen molar-refractivity contribution in [3.63, 3.8) is 0 Å². The van der Waals surface area contributed by atoms with Crippen LogP contribution in [0.2, 0.25) is 5.02 Å². The molecule has 0 spiro atoms. The number of hydrogen-bond donors (Lipinski definition) is 0. The van der Waals surface area contributed by atoms with Gasteiger partial charge in [0.2, 0.25) is 15.9 Å². The number of carbonyl (C=O) groups is 1. The van der Waals surface area contributed by atoms with Crippen LogP contribution in [0.25, 0.3) is 0 Å². The zero-order valence-corrected chi connectivity index (χ0v) is 16.9. The lowest BCUT2D eigenvalue weighted by Gasteiger charge is -2.28. The first kappa shape index (κ1) is 20.3. The number of benzene rings is 2. The van der Waals surface area contributed by atoms with Gasteiger partial charge in [0.25, 0.3) is 0 Å². The molecule has 0 aliphatic carbocycles. The summed E-state index contributed by atoms with van der Waals surface area (Å²) in [6.45, 7) is 5.73. The first-order valence-electron chi connectivity index (χ1n) is 8.24. The highest BCUT2D eigenvalue weighted by Gasteiger charge is 2.25. The van der Waals surface area contributed by atoms with Crippen molar-refractivity contribution in [1.29, 1.82) is 0 Å². The summed E-state index contributed by atoms with van der Waals surface area (Å²) in [4.78, 5) is 14.5. The van der Waals surface area contributed by atoms with Crippen LogP contribution in [-0.4, -0.2) is 33.7 Å². The molecule has 0 fully saturated rings. The van der Waals surface area contributed by atoms with Gasteiger partial charge in [-0.3, -0.25) is 9.10 Å². The van der Waals surface area contributed by atoms with Gasteiger partial charge in [-0.25, -0.2) is 8.42 Å². The average molecular weight is 395 g/mol. The van der Waals surface area contributed by atoms with E-state index in [9.17, 15) is 13.2 Å². The Morgan fingerprint density at radius 3 is 2.38 bits per heavy atom. The molecule has 5 nitrogen and oxygen atoms in total. The van der Waals surface area contributed by atoms with Crippen LogP contribution >= 0.6 is 11.6 Å². The maximum Gasteiger partial charge on any atom is 0.247 e. The number of aryl methyl sites for hydroxylation is 2. The van der Waals surface area contributed by atoms with Crippen LogP contribution in [0.1, 0.15) is 18.1 Å². The van der Waals surface area contributed by atoms with Gasteiger partial charge in [0.05, 0.1) is 11.9 Å². The smallest absolute Gasteiger partial charge is 0.247 e. The number of amides is 1. The SMILES string of the molecule is CCN(C(=O)CN(c1cc(Cl)ccc1C)S(C)(=O)=O)c1cccc(C)c1. The van der Waals surface area contributed by atoms with Crippen LogP contribution in [-0.2, 0) is 14.8 Å². The van der Waals surface area contributed by atoms with E-state index in [0.717, 1.165) is 27.4 Å². The van der Waals surface area contributed by atoms with Crippen molar-refractivity contribution >= 4 is 38.9 Å².